The summed E-state index contributed by atoms with van der Waals surface area (Å²) < 4.78 is 4.65. The molecule has 3 N–H and O–H groups in total. The third-order valence-electron chi connectivity index (χ3n) is 2.21. The second kappa shape index (κ2) is 8.34. The van der Waals surface area contributed by atoms with Gasteiger partial charge in [0.2, 0.25) is 0 Å². The summed E-state index contributed by atoms with van der Waals surface area (Å²) in [6.07, 6.45) is 6.55. The Bertz CT molecular complexity index is 173. The van der Waals surface area contributed by atoms with Gasteiger partial charge in [-0.2, -0.15) is 0 Å². The van der Waals surface area contributed by atoms with Crippen molar-refractivity contribution in [2.24, 2.45) is 16.8 Å². The van der Waals surface area contributed by atoms with E-state index in [2.05, 4.69) is 15.6 Å². The van der Waals surface area contributed by atoms with Crippen LogP contribution in [0.25, 0.3) is 0 Å². The molecular weight excluding hydrogens is 184 g/mol. The molecule has 82 valence electrons. The Hall–Kier alpha value is -1.26. The number of hydrogen-bond acceptors (Lipinski definition) is 4. The summed E-state index contributed by atoms with van der Waals surface area (Å²) in [5.41, 5.74) is 4.49. The zero-order chi connectivity index (χ0) is 10.8. The molecule has 0 aromatic carbocycles. The molecule has 0 heterocycles. The summed E-state index contributed by atoms with van der Waals surface area (Å²) in [6, 6.07) is 0. The zero-order valence-electron chi connectivity index (χ0n) is 8.48. The molecule has 0 bridgehead atoms. The molecule has 0 atom stereocenters. The summed E-state index contributed by atoms with van der Waals surface area (Å²) in [5.74, 6) is 0.193. The first-order valence-corrected chi connectivity index (χ1v) is 4.71. The number of methoxy groups -OCH3 is 1. The minimum atomic E-state index is -0.0142. The minimum absolute atomic E-state index is 0.0142. The van der Waals surface area contributed by atoms with Crippen LogP contribution >= 0.6 is 0 Å². The molecule has 0 aliphatic heterocycles. The predicted molar refractivity (Wildman–Crippen MR) is 53.1 cm³/mol. The van der Waals surface area contributed by atoms with E-state index in [1.165, 1.54) is 26.4 Å². The fraction of sp³-hybridized carbons (Fsp3) is 0.778. The first-order chi connectivity index (χ1) is 6.76. The summed E-state index contributed by atoms with van der Waals surface area (Å²) >= 11 is 0. The average molecular weight is 202 g/mol. The molecule has 0 spiro atoms. The van der Waals surface area contributed by atoms with Crippen LogP contribution in [0.3, 0.4) is 0 Å². The minimum Gasteiger partial charge on any atom is -0.469 e. The van der Waals surface area contributed by atoms with E-state index >= 15 is 0 Å². The summed E-state index contributed by atoms with van der Waals surface area (Å²) in [6.45, 7) is 0. The molecule has 1 aliphatic rings. The van der Waals surface area contributed by atoms with Crippen molar-refractivity contribution in [1.82, 2.24) is 0 Å². The summed E-state index contributed by atoms with van der Waals surface area (Å²) in [4.78, 5) is 10.9. The summed E-state index contributed by atoms with van der Waals surface area (Å²) in [7, 11) is 1.47. The number of oxime groups is 1. The van der Waals surface area contributed by atoms with Gasteiger partial charge in [0.1, 0.15) is 6.34 Å². The molecule has 0 radical (unpaired) electrons. The first kappa shape index (κ1) is 12.7. The maximum Gasteiger partial charge on any atom is 0.308 e. The molecular formula is C9H18N2O3. The van der Waals surface area contributed by atoms with Gasteiger partial charge in [0.25, 0.3) is 0 Å². The zero-order valence-corrected chi connectivity index (χ0v) is 8.48. The van der Waals surface area contributed by atoms with Gasteiger partial charge in [0, 0.05) is 0 Å². The van der Waals surface area contributed by atoms with E-state index in [-0.39, 0.29) is 11.9 Å². The number of rotatable bonds is 1. The average Bonchev–Trinajstić information content (AvgIpc) is 2.29. The molecule has 0 unspecified atom stereocenters. The lowest BCUT2D eigenvalue weighted by Crippen LogP contribution is -2.18. The highest BCUT2D eigenvalue weighted by Crippen LogP contribution is 2.24. The van der Waals surface area contributed by atoms with Crippen molar-refractivity contribution >= 4 is 12.3 Å². The Morgan fingerprint density at radius 1 is 1.50 bits per heavy atom. The predicted octanol–water partition coefficient (Wildman–Crippen LogP) is 1.10. The number of nitrogens with two attached hydrogens (primary N) is 1. The molecule has 14 heavy (non-hydrogen) atoms. The number of nitrogens with zero attached hydrogens (tertiary/aromatic N) is 1. The molecule has 0 saturated heterocycles. The van der Waals surface area contributed by atoms with Crippen LogP contribution in [0.1, 0.15) is 32.1 Å². The van der Waals surface area contributed by atoms with Crippen molar-refractivity contribution in [3.05, 3.63) is 0 Å². The van der Waals surface area contributed by atoms with Crippen molar-refractivity contribution < 1.29 is 14.7 Å². The maximum absolute atomic E-state index is 10.9. The van der Waals surface area contributed by atoms with E-state index in [0.717, 1.165) is 19.2 Å². The van der Waals surface area contributed by atoms with Gasteiger partial charge in [-0.25, -0.2) is 0 Å². The highest BCUT2D eigenvalue weighted by atomic mass is 16.5. The summed E-state index contributed by atoms with van der Waals surface area (Å²) in [5, 5.41) is 9.71. The van der Waals surface area contributed by atoms with E-state index in [9.17, 15) is 4.79 Å². The van der Waals surface area contributed by atoms with E-state index in [0.29, 0.717) is 0 Å². The number of hydrogen-bond donors (Lipinski definition) is 2. The first-order valence-electron chi connectivity index (χ1n) is 4.71. The fourth-order valence-corrected chi connectivity index (χ4v) is 1.50. The van der Waals surface area contributed by atoms with Gasteiger partial charge < -0.3 is 15.7 Å². The van der Waals surface area contributed by atoms with Crippen molar-refractivity contribution in [3.63, 3.8) is 0 Å². The largest absolute Gasteiger partial charge is 0.469 e. The highest BCUT2D eigenvalue weighted by molar-refractivity contribution is 5.72. The number of ether oxygens (including phenoxy) is 1. The number of carbonyl (C=O) groups is 1. The second-order valence-corrected chi connectivity index (χ2v) is 3.12. The Morgan fingerprint density at radius 3 is 2.36 bits per heavy atom. The SMILES string of the molecule is COC(=O)C1CCCCC1.N/C=N\O. The molecule has 0 amide bonds. The standard InChI is InChI=1S/C8H14O2.CH4N2O/c1-10-8(9)7-5-3-2-4-6-7;2-1-3-4/h7H,2-6H2,1H3;1,4H,(H2,2,3). The van der Waals surface area contributed by atoms with Gasteiger partial charge in [-0.15, -0.1) is 0 Å². The lowest BCUT2D eigenvalue weighted by molar-refractivity contribution is -0.146. The van der Waals surface area contributed by atoms with Crippen LogP contribution < -0.4 is 5.73 Å². The molecule has 0 aromatic heterocycles. The van der Waals surface area contributed by atoms with Crippen LogP contribution in [0.4, 0.5) is 0 Å². The van der Waals surface area contributed by atoms with Crippen molar-refractivity contribution in [3.8, 4) is 0 Å². The van der Waals surface area contributed by atoms with Gasteiger partial charge in [-0.3, -0.25) is 4.79 Å². The van der Waals surface area contributed by atoms with Crippen LogP contribution in [0.15, 0.2) is 5.16 Å². The third-order valence-corrected chi connectivity index (χ3v) is 2.21. The van der Waals surface area contributed by atoms with Gasteiger partial charge in [0.05, 0.1) is 13.0 Å². The Morgan fingerprint density at radius 2 is 2.00 bits per heavy atom. The fourth-order valence-electron chi connectivity index (χ4n) is 1.50. The van der Waals surface area contributed by atoms with Crippen LogP contribution in [0.5, 0.6) is 0 Å². The molecule has 1 saturated carbocycles. The van der Waals surface area contributed by atoms with E-state index in [1.54, 1.807) is 0 Å². The second-order valence-electron chi connectivity index (χ2n) is 3.12. The number of carbonyl (C=O) groups excluding carboxylic acids is 1. The molecule has 1 fully saturated rings. The lowest BCUT2D eigenvalue weighted by Gasteiger charge is -2.18. The van der Waals surface area contributed by atoms with Crippen molar-refractivity contribution in [2.45, 2.75) is 32.1 Å². The molecule has 0 aromatic rings. The van der Waals surface area contributed by atoms with Crippen molar-refractivity contribution in [2.75, 3.05) is 7.11 Å². The third kappa shape index (κ3) is 5.40. The molecule has 1 aliphatic carbocycles. The maximum atomic E-state index is 10.9. The van der Waals surface area contributed by atoms with Crippen LogP contribution in [-0.4, -0.2) is 24.6 Å². The van der Waals surface area contributed by atoms with Crippen LogP contribution in [0, 0.1) is 5.92 Å². The smallest absolute Gasteiger partial charge is 0.308 e. The molecule has 5 heteroatoms. The Balaban J connectivity index is 0.000000364. The lowest BCUT2D eigenvalue weighted by atomic mass is 9.89. The molecule has 1 rings (SSSR count). The van der Waals surface area contributed by atoms with Gasteiger partial charge in [-0.05, 0) is 12.8 Å². The quantitative estimate of drug-likeness (QED) is 0.219. The molecule has 5 nitrogen and oxygen atoms in total. The van der Waals surface area contributed by atoms with E-state index in [1.807, 2.05) is 0 Å². The van der Waals surface area contributed by atoms with Gasteiger partial charge in [0.15, 0.2) is 0 Å². The Kier molecular flexibility index (Phi) is 7.59. The topological polar surface area (TPSA) is 84.9 Å². The van der Waals surface area contributed by atoms with Crippen LogP contribution in [0.2, 0.25) is 0 Å². The van der Waals surface area contributed by atoms with E-state index in [4.69, 9.17) is 5.21 Å². The monoisotopic (exact) mass is 202 g/mol. The highest BCUT2D eigenvalue weighted by Gasteiger charge is 2.20. The van der Waals surface area contributed by atoms with E-state index < -0.39 is 0 Å². The van der Waals surface area contributed by atoms with Crippen LogP contribution in [-0.2, 0) is 9.53 Å². The Labute approximate surface area is 83.9 Å². The van der Waals surface area contributed by atoms with Gasteiger partial charge in [-0.1, -0.05) is 24.4 Å². The normalized spacial score (nSPS) is 17.2. The van der Waals surface area contributed by atoms with Crippen molar-refractivity contribution in [1.29, 1.82) is 0 Å². The number of esters is 1. The van der Waals surface area contributed by atoms with Gasteiger partial charge >= 0.3 is 5.97 Å².